The van der Waals surface area contributed by atoms with Crippen LogP contribution in [0.3, 0.4) is 0 Å². The fraction of sp³-hybridized carbons (Fsp3) is 0.944. The lowest BCUT2D eigenvalue weighted by Crippen LogP contribution is -2.46. The van der Waals surface area contributed by atoms with Crippen molar-refractivity contribution in [2.45, 2.75) is 83.5 Å². The standard InChI is InChI=1S/C18H34N2O3/c1-18(2,3)23-17(22)20-12-14-6-4-5-7-16(14)19-11-13-8-9-15(21)10-13/h13-16,19,21H,4-12H2,1-3H3,(H,20,22). The Balaban J connectivity index is 1.73. The van der Waals surface area contributed by atoms with Crippen LogP contribution in [0.1, 0.15) is 65.7 Å². The molecule has 3 N–H and O–H groups in total. The molecule has 0 heterocycles. The van der Waals surface area contributed by atoms with E-state index in [0.29, 0.717) is 24.4 Å². The summed E-state index contributed by atoms with van der Waals surface area (Å²) in [7, 11) is 0. The molecule has 4 unspecified atom stereocenters. The summed E-state index contributed by atoms with van der Waals surface area (Å²) < 4.78 is 5.32. The van der Waals surface area contributed by atoms with Crippen molar-refractivity contribution in [3.8, 4) is 0 Å². The zero-order valence-electron chi connectivity index (χ0n) is 14.9. The molecule has 4 atom stereocenters. The molecule has 0 bridgehead atoms. The lowest BCUT2D eigenvalue weighted by Gasteiger charge is -2.33. The molecule has 2 aliphatic carbocycles. The van der Waals surface area contributed by atoms with Crippen molar-refractivity contribution < 1.29 is 14.6 Å². The number of alkyl carbamates (subject to hydrolysis) is 1. The van der Waals surface area contributed by atoms with E-state index in [9.17, 15) is 9.90 Å². The summed E-state index contributed by atoms with van der Waals surface area (Å²) in [5, 5.41) is 16.3. The molecular weight excluding hydrogens is 292 g/mol. The van der Waals surface area contributed by atoms with E-state index in [4.69, 9.17) is 4.74 Å². The monoisotopic (exact) mass is 326 g/mol. The quantitative estimate of drug-likeness (QED) is 0.726. The van der Waals surface area contributed by atoms with Gasteiger partial charge in [0, 0.05) is 12.6 Å². The molecule has 0 aliphatic heterocycles. The Morgan fingerprint density at radius 2 is 1.87 bits per heavy atom. The molecular formula is C18H34N2O3. The number of ether oxygens (including phenoxy) is 1. The highest BCUT2D eigenvalue weighted by Gasteiger charge is 2.28. The molecule has 0 radical (unpaired) electrons. The Hall–Kier alpha value is -0.810. The average molecular weight is 326 g/mol. The molecule has 0 aromatic heterocycles. The van der Waals surface area contributed by atoms with Crippen LogP contribution >= 0.6 is 0 Å². The molecule has 2 aliphatic rings. The fourth-order valence-electron chi connectivity index (χ4n) is 3.80. The van der Waals surface area contributed by atoms with Crippen LogP contribution in [0.5, 0.6) is 0 Å². The predicted octanol–water partition coefficient (Wildman–Crippen LogP) is 2.82. The number of carbonyl (C=O) groups excluding carboxylic acids is 1. The molecule has 5 nitrogen and oxygen atoms in total. The Morgan fingerprint density at radius 3 is 2.52 bits per heavy atom. The molecule has 23 heavy (non-hydrogen) atoms. The minimum absolute atomic E-state index is 0.0993. The first kappa shape index (κ1) is 18.5. The van der Waals surface area contributed by atoms with Crippen molar-refractivity contribution in [3.05, 3.63) is 0 Å². The Kier molecular flexibility index (Phi) is 6.72. The summed E-state index contributed by atoms with van der Waals surface area (Å²) in [5.41, 5.74) is -0.447. The van der Waals surface area contributed by atoms with Crippen LogP contribution in [-0.2, 0) is 4.74 Å². The van der Waals surface area contributed by atoms with E-state index in [0.717, 1.165) is 32.2 Å². The molecule has 2 saturated carbocycles. The molecule has 2 fully saturated rings. The normalized spacial score (nSPS) is 31.8. The third kappa shape index (κ3) is 6.68. The van der Waals surface area contributed by atoms with E-state index >= 15 is 0 Å². The summed E-state index contributed by atoms with van der Waals surface area (Å²) in [5.74, 6) is 1.08. The topological polar surface area (TPSA) is 70.6 Å². The van der Waals surface area contributed by atoms with Gasteiger partial charge in [-0.2, -0.15) is 0 Å². The number of carbonyl (C=O) groups is 1. The second kappa shape index (κ2) is 8.34. The molecule has 1 amide bonds. The van der Waals surface area contributed by atoms with Gasteiger partial charge in [0.1, 0.15) is 5.60 Å². The number of amides is 1. The van der Waals surface area contributed by atoms with E-state index in [1.807, 2.05) is 20.8 Å². The number of hydrogen-bond donors (Lipinski definition) is 3. The van der Waals surface area contributed by atoms with Gasteiger partial charge in [-0.15, -0.1) is 0 Å². The molecule has 2 rings (SSSR count). The van der Waals surface area contributed by atoms with Crippen molar-refractivity contribution >= 4 is 6.09 Å². The summed E-state index contributed by atoms with van der Waals surface area (Å²) in [6.07, 6.45) is 7.41. The van der Waals surface area contributed by atoms with Crippen LogP contribution in [0.4, 0.5) is 4.79 Å². The van der Waals surface area contributed by atoms with Gasteiger partial charge in [-0.3, -0.25) is 0 Å². The van der Waals surface area contributed by atoms with E-state index in [1.54, 1.807) is 0 Å². The van der Waals surface area contributed by atoms with Crippen LogP contribution in [-0.4, -0.2) is 42.0 Å². The van der Waals surface area contributed by atoms with Gasteiger partial charge in [0.2, 0.25) is 0 Å². The summed E-state index contributed by atoms with van der Waals surface area (Å²) in [6.45, 7) is 7.32. The van der Waals surface area contributed by atoms with E-state index in [1.165, 1.54) is 19.3 Å². The highest BCUT2D eigenvalue weighted by Crippen LogP contribution is 2.27. The van der Waals surface area contributed by atoms with Gasteiger partial charge in [0.25, 0.3) is 0 Å². The first-order valence-corrected chi connectivity index (χ1v) is 9.22. The molecule has 0 aromatic rings. The van der Waals surface area contributed by atoms with Gasteiger partial charge < -0.3 is 20.5 Å². The van der Waals surface area contributed by atoms with Crippen molar-refractivity contribution in [1.29, 1.82) is 0 Å². The average Bonchev–Trinajstić information content (AvgIpc) is 2.87. The summed E-state index contributed by atoms with van der Waals surface area (Å²) in [4.78, 5) is 11.8. The van der Waals surface area contributed by atoms with Crippen LogP contribution in [0.15, 0.2) is 0 Å². The third-order valence-electron chi connectivity index (χ3n) is 5.00. The maximum Gasteiger partial charge on any atom is 0.407 e. The van der Waals surface area contributed by atoms with Crippen LogP contribution in [0.25, 0.3) is 0 Å². The SMILES string of the molecule is CC(C)(C)OC(=O)NCC1CCCCC1NCC1CCC(O)C1. The zero-order chi connectivity index (χ0) is 16.9. The summed E-state index contributed by atoms with van der Waals surface area (Å²) in [6, 6.07) is 0.469. The highest BCUT2D eigenvalue weighted by molar-refractivity contribution is 5.67. The smallest absolute Gasteiger partial charge is 0.407 e. The third-order valence-corrected chi connectivity index (χ3v) is 5.00. The van der Waals surface area contributed by atoms with E-state index < -0.39 is 5.60 Å². The Bertz CT molecular complexity index is 381. The van der Waals surface area contributed by atoms with Gasteiger partial charge in [-0.25, -0.2) is 4.79 Å². The van der Waals surface area contributed by atoms with Crippen molar-refractivity contribution in [2.75, 3.05) is 13.1 Å². The van der Waals surface area contributed by atoms with Crippen molar-refractivity contribution in [2.24, 2.45) is 11.8 Å². The lowest BCUT2D eigenvalue weighted by atomic mass is 9.84. The minimum Gasteiger partial charge on any atom is -0.444 e. The minimum atomic E-state index is -0.447. The maximum atomic E-state index is 11.8. The number of hydrogen-bond acceptors (Lipinski definition) is 4. The van der Waals surface area contributed by atoms with Crippen LogP contribution in [0.2, 0.25) is 0 Å². The first-order valence-electron chi connectivity index (χ1n) is 9.22. The second-order valence-electron chi connectivity index (χ2n) is 8.27. The zero-order valence-corrected chi connectivity index (χ0v) is 14.9. The fourth-order valence-corrected chi connectivity index (χ4v) is 3.80. The van der Waals surface area contributed by atoms with Crippen molar-refractivity contribution in [1.82, 2.24) is 10.6 Å². The Morgan fingerprint density at radius 1 is 1.13 bits per heavy atom. The van der Waals surface area contributed by atoms with Gasteiger partial charge in [0.05, 0.1) is 6.10 Å². The number of rotatable bonds is 5. The molecule has 0 spiro atoms. The highest BCUT2D eigenvalue weighted by atomic mass is 16.6. The van der Waals surface area contributed by atoms with Gasteiger partial charge in [-0.05, 0) is 71.3 Å². The number of nitrogens with one attached hydrogen (secondary N) is 2. The van der Waals surface area contributed by atoms with Crippen LogP contribution in [0, 0.1) is 11.8 Å². The van der Waals surface area contributed by atoms with Gasteiger partial charge in [-0.1, -0.05) is 12.8 Å². The summed E-state index contributed by atoms with van der Waals surface area (Å²) >= 11 is 0. The van der Waals surface area contributed by atoms with Crippen molar-refractivity contribution in [3.63, 3.8) is 0 Å². The van der Waals surface area contributed by atoms with Gasteiger partial charge >= 0.3 is 6.09 Å². The molecule has 0 aromatic carbocycles. The maximum absolute atomic E-state index is 11.8. The number of aliphatic hydroxyl groups excluding tert-OH is 1. The second-order valence-corrected chi connectivity index (χ2v) is 8.27. The van der Waals surface area contributed by atoms with E-state index in [2.05, 4.69) is 10.6 Å². The lowest BCUT2D eigenvalue weighted by molar-refractivity contribution is 0.0510. The molecule has 0 saturated heterocycles. The van der Waals surface area contributed by atoms with Gasteiger partial charge in [0.15, 0.2) is 0 Å². The van der Waals surface area contributed by atoms with E-state index in [-0.39, 0.29) is 12.2 Å². The first-order chi connectivity index (χ1) is 10.8. The molecule has 5 heteroatoms. The predicted molar refractivity (Wildman–Crippen MR) is 91.3 cm³/mol. The number of aliphatic hydroxyl groups is 1. The molecule has 134 valence electrons. The largest absolute Gasteiger partial charge is 0.444 e. The van der Waals surface area contributed by atoms with Crippen LogP contribution < -0.4 is 10.6 Å². The Labute approximate surface area is 140 Å².